The van der Waals surface area contributed by atoms with E-state index in [4.69, 9.17) is 19.4 Å². The van der Waals surface area contributed by atoms with Crippen LogP contribution in [-0.4, -0.2) is 82.4 Å². The summed E-state index contributed by atoms with van der Waals surface area (Å²) >= 11 is 1.58. The third-order valence-corrected chi connectivity index (χ3v) is 7.44. The van der Waals surface area contributed by atoms with Gasteiger partial charge in [-0.25, -0.2) is 15.0 Å². The van der Waals surface area contributed by atoms with Gasteiger partial charge in [0.15, 0.2) is 0 Å². The highest BCUT2D eigenvalue weighted by Crippen LogP contribution is 2.44. The predicted octanol–water partition coefficient (Wildman–Crippen LogP) is 2.50. The maximum absolute atomic E-state index is 10.1. The van der Waals surface area contributed by atoms with E-state index in [1.54, 1.807) is 31.5 Å². The molecule has 2 atom stereocenters. The summed E-state index contributed by atoms with van der Waals surface area (Å²) in [4.78, 5) is 19.6. The number of ether oxygens (including phenoxy) is 2. The van der Waals surface area contributed by atoms with Crippen LogP contribution in [0.25, 0.3) is 20.4 Å². The molecule has 2 N–H and O–H groups in total. The van der Waals surface area contributed by atoms with Gasteiger partial charge < -0.3 is 29.5 Å². The molecule has 0 amide bonds. The van der Waals surface area contributed by atoms with Gasteiger partial charge in [-0.3, -0.25) is 0 Å². The zero-order valence-corrected chi connectivity index (χ0v) is 21.1. The molecule has 184 valence electrons. The molecule has 34 heavy (non-hydrogen) atoms. The Balaban J connectivity index is 1.73. The standard InChI is InChI=1S/C24H33N5O4S/c1-14(30)10-29(11-15(2)31)22-20-19(25-13-26-22)18-16-9-24(3,4)33-12-17(16)21(27-23(18)34-20)28-5-7-32-8-6-28/h13-15,30-31H,5-12H2,1-4H3. The molecule has 10 heteroatoms. The topological polar surface area (TPSA) is 104 Å². The number of nitrogens with zero attached hydrogens (tertiary/aromatic N) is 5. The molecule has 3 aromatic rings. The van der Waals surface area contributed by atoms with Crippen molar-refractivity contribution < 1.29 is 19.7 Å². The number of hydrogen-bond acceptors (Lipinski definition) is 10. The summed E-state index contributed by atoms with van der Waals surface area (Å²) in [6.07, 6.45) is 1.23. The van der Waals surface area contributed by atoms with Gasteiger partial charge in [0.1, 0.15) is 22.8 Å². The maximum Gasteiger partial charge on any atom is 0.150 e. The second kappa shape index (κ2) is 9.16. The van der Waals surface area contributed by atoms with Crippen LogP contribution in [0.1, 0.15) is 38.8 Å². The molecular weight excluding hydrogens is 454 g/mol. The van der Waals surface area contributed by atoms with Crippen molar-refractivity contribution in [1.29, 1.82) is 0 Å². The molecule has 5 heterocycles. The minimum atomic E-state index is -0.560. The molecule has 1 saturated heterocycles. The van der Waals surface area contributed by atoms with E-state index in [0.717, 1.165) is 57.1 Å². The number of morpholine rings is 1. The van der Waals surface area contributed by atoms with E-state index < -0.39 is 12.2 Å². The fourth-order valence-corrected chi connectivity index (χ4v) is 6.10. The van der Waals surface area contributed by atoms with Gasteiger partial charge in [0, 0.05) is 43.5 Å². The monoisotopic (exact) mass is 487 g/mol. The van der Waals surface area contributed by atoms with E-state index in [-0.39, 0.29) is 5.60 Å². The minimum Gasteiger partial charge on any atom is -0.392 e. The normalized spacial score (nSPS) is 19.9. The summed E-state index contributed by atoms with van der Waals surface area (Å²) in [7, 11) is 0. The van der Waals surface area contributed by atoms with Gasteiger partial charge in [-0.15, -0.1) is 11.3 Å². The minimum absolute atomic E-state index is 0.279. The van der Waals surface area contributed by atoms with Crippen molar-refractivity contribution in [3.8, 4) is 0 Å². The zero-order valence-electron chi connectivity index (χ0n) is 20.2. The van der Waals surface area contributed by atoms with Crippen molar-refractivity contribution >= 4 is 43.4 Å². The molecule has 0 aromatic carbocycles. The second-order valence-corrected chi connectivity index (χ2v) is 11.0. The average molecular weight is 488 g/mol. The number of hydrogen-bond donors (Lipinski definition) is 2. The lowest BCUT2D eigenvalue weighted by molar-refractivity contribution is -0.0396. The molecule has 9 nitrogen and oxygen atoms in total. The van der Waals surface area contributed by atoms with Crippen LogP contribution in [0.4, 0.5) is 11.6 Å². The van der Waals surface area contributed by atoms with Crippen molar-refractivity contribution in [2.24, 2.45) is 0 Å². The molecule has 0 spiro atoms. The van der Waals surface area contributed by atoms with E-state index in [1.165, 1.54) is 5.56 Å². The average Bonchev–Trinajstić information content (AvgIpc) is 3.16. The second-order valence-electron chi connectivity index (χ2n) is 9.98. The van der Waals surface area contributed by atoms with Crippen LogP contribution in [0.3, 0.4) is 0 Å². The molecule has 0 radical (unpaired) electrons. The van der Waals surface area contributed by atoms with Crippen LogP contribution in [-0.2, 0) is 22.5 Å². The third kappa shape index (κ3) is 4.45. The fraction of sp³-hybridized carbons (Fsp3) is 0.625. The smallest absolute Gasteiger partial charge is 0.150 e. The Bertz CT molecular complexity index is 1180. The summed E-state index contributed by atoms with van der Waals surface area (Å²) in [5.74, 6) is 1.70. The molecule has 0 aliphatic carbocycles. The number of fused-ring (bicyclic) bond motifs is 5. The zero-order chi connectivity index (χ0) is 24.0. The SMILES string of the molecule is CC(O)CN(CC(C)O)c1ncnc2c1sc1nc(N3CCOCC3)c3c(c12)CC(C)(C)OC3. The highest BCUT2D eigenvalue weighted by atomic mass is 32.1. The molecule has 2 aliphatic heterocycles. The van der Waals surface area contributed by atoms with Gasteiger partial charge in [-0.05, 0) is 33.3 Å². The first-order chi connectivity index (χ1) is 16.2. The Morgan fingerprint density at radius 3 is 2.50 bits per heavy atom. The van der Waals surface area contributed by atoms with Gasteiger partial charge in [-0.1, -0.05) is 0 Å². The van der Waals surface area contributed by atoms with E-state index in [0.29, 0.717) is 32.9 Å². The first kappa shape index (κ1) is 23.6. The molecular formula is C24H33N5O4S. The van der Waals surface area contributed by atoms with Gasteiger partial charge >= 0.3 is 0 Å². The van der Waals surface area contributed by atoms with Crippen LogP contribution >= 0.6 is 11.3 Å². The summed E-state index contributed by atoms with van der Waals surface area (Å²) in [6, 6.07) is 0. The fourth-order valence-electron chi connectivity index (χ4n) is 4.92. The summed E-state index contributed by atoms with van der Waals surface area (Å²) < 4.78 is 12.7. The predicted molar refractivity (Wildman–Crippen MR) is 134 cm³/mol. The van der Waals surface area contributed by atoms with Crippen molar-refractivity contribution in [2.75, 3.05) is 49.2 Å². The van der Waals surface area contributed by atoms with Crippen LogP contribution in [0, 0.1) is 0 Å². The molecule has 0 bridgehead atoms. The summed E-state index contributed by atoms with van der Waals surface area (Å²) in [5, 5.41) is 21.3. The first-order valence-electron chi connectivity index (χ1n) is 11.9. The van der Waals surface area contributed by atoms with E-state index in [2.05, 4.69) is 23.7 Å². The number of pyridine rings is 1. The Labute approximate surface area is 203 Å². The Morgan fingerprint density at radius 2 is 1.82 bits per heavy atom. The largest absolute Gasteiger partial charge is 0.392 e. The van der Waals surface area contributed by atoms with Gasteiger partial charge in [0.25, 0.3) is 0 Å². The Morgan fingerprint density at radius 1 is 1.12 bits per heavy atom. The third-order valence-electron chi connectivity index (χ3n) is 6.37. The van der Waals surface area contributed by atoms with E-state index >= 15 is 0 Å². The lowest BCUT2D eigenvalue weighted by Crippen LogP contribution is -2.39. The van der Waals surface area contributed by atoms with Gasteiger partial charge in [-0.2, -0.15) is 0 Å². The Hall–Kier alpha value is -2.11. The Kier molecular flexibility index (Phi) is 6.36. The van der Waals surface area contributed by atoms with Crippen molar-refractivity contribution in [1.82, 2.24) is 15.0 Å². The van der Waals surface area contributed by atoms with Crippen LogP contribution < -0.4 is 9.80 Å². The number of anilines is 2. The molecule has 5 rings (SSSR count). The van der Waals surface area contributed by atoms with Crippen LogP contribution in [0.2, 0.25) is 0 Å². The number of aliphatic hydroxyl groups is 2. The molecule has 1 fully saturated rings. The lowest BCUT2D eigenvalue weighted by Gasteiger charge is -2.36. The lowest BCUT2D eigenvalue weighted by atomic mass is 9.90. The summed E-state index contributed by atoms with van der Waals surface area (Å²) in [5.41, 5.74) is 2.98. The quantitative estimate of drug-likeness (QED) is 0.543. The van der Waals surface area contributed by atoms with Crippen molar-refractivity contribution in [2.45, 2.75) is 58.5 Å². The van der Waals surface area contributed by atoms with Gasteiger partial charge in [0.05, 0.1) is 47.8 Å². The van der Waals surface area contributed by atoms with Crippen molar-refractivity contribution in [3.05, 3.63) is 17.5 Å². The molecule has 0 saturated carbocycles. The number of rotatable bonds is 6. The van der Waals surface area contributed by atoms with E-state index in [1.807, 2.05) is 4.90 Å². The molecule has 3 aromatic heterocycles. The number of aromatic nitrogens is 3. The number of thiophene rings is 1. The highest BCUT2D eigenvalue weighted by Gasteiger charge is 2.33. The first-order valence-corrected chi connectivity index (χ1v) is 12.7. The van der Waals surface area contributed by atoms with Crippen LogP contribution in [0.15, 0.2) is 6.33 Å². The van der Waals surface area contributed by atoms with Crippen LogP contribution in [0.5, 0.6) is 0 Å². The molecule has 2 aliphatic rings. The maximum atomic E-state index is 10.1. The molecule has 2 unspecified atom stereocenters. The van der Waals surface area contributed by atoms with Crippen molar-refractivity contribution in [3.63, 3.8) is 0 Å². The summed E-state index contributed by atoms with van der Waals surface area (Å²) in [6.45, 7) is 12.0. The van der Waals surface area contributed by atoms with Gasteiger partial charge in [0.2, 0.25) is 0 Å². The number of aliphatic hydroxyl groups excluding tert-OH is 2. The highest BCUT2D eigenvalue weighted by molar-refractivity contribution is 7.26. The van der Waals surface area contributed by atoms with E-state index in [9.17, 15) is 10.2 Å².